The van der Waals surface area contributed by atoms with Crippen LogP contribution in [0.5, 0.6) is 11.5 Å². The summed E-state index contributed by atoms with van der Waals surface area (Å²) in [6, 6.07) is 10.9. The van der Waals surface area contributed by atoms with Crippen LogP contribution in [0.2, 0.25) is 0 Å². The number of urea groups is 1. The Kier molecular flexibility index (Phi) is 6.50. The topological polar surface area (TPSA) is 70.6 Å². The van der Waals surface area contributed by atoms with E-state index >= 15 is 0 Å². The average molecular weight is 356 g/mol. The van der Waals surface area contributed by atoms with E-state index in [1.807, 2.05) is 6.07 Å². The molecule has 2 rings (SSSR count). The van der Waals surface area contributed by atoms with E-state index in [0.717, 1.165) is 22.4 Å². The zero-order valence-electron chi connectivity index (χ0n) is 16.1. The molecule has 26 heavy (non-hydrogen) atoms. The number of hydrogen-bond acceptors (Lipinski definition) is 3. The fraction of sp³-hybridized carbons (Fsp3) is 0.381. The molecule has 0 fully saturated rings. The summed E-state index contributed by atoms with van der Waals surface area (Å²) in [5.41, 5.74) is 3.98. The van der Waals surface area contributed by atoms with Crippen LogP contribution in [0.4, 0.5) is 10.5 Å². The molecule has 5 heteroatoms. The van der Waals surface area contributed by atoms with Gasteiger partial charge in [0.05, 0.1) is 7.11 Å². The summed E-state index contributed by atoms with van der Waals surface area (Å²) < 4.78 is 5.09. The first-order valence-corrected chi connectivity index (χ1v) is 8.87. The van der Waals surface area contributed by atoms with E-state index in [2.05, 4.69) is 50.5 Å². The van der Waals surface area contributed by atoms with Gasteiger partial charge < -0.3 is 20.5 Å². The molecule has 0 bridgehead atoms. The van der Waals surface area contributed by atoms with Crippen molar-refractivity contribution in [3.63, 3.8) is 0 Å². The van der Waals surface area contributed by atoms with Crippen molar-refractivity contribution in [3.8, 4) is 11.5 Å². The maximum absolute atomic E-state index is 12.5. The second-order valence-electron chi connectivity index (χ2n) is 6.93. The van der Waals surface area contributed by atoms with E-state index < -0.39 is 0 Å². The second kappa shape index (κ2) is 8.61. The van der Waals surface area contributed by atoms with E-state index in [0.29, 0.717) is 24.1 Å². The molecule has 0 unspecified atom stereocenters. The third-order valence-corrected chi connectivity index (χ3v) is 4.31. The van der Waals surface area contributed by atoms with Crippen molar-refractivity contribution in [3.05, 3.63) is 53.1 Å². The number of para-hydroxylation sites is 1. The summed E-state index contributed by atoms with van der Waals surface area (Å²) in [4.78, 5) is 12.5. The van der Waals surface area contributed by atoms with Crippen LogP contribution in [0.15, 0.2) is 36.4 Å². The molecular formula is C21H28N2O3. The van der Waals surface area contributed by atoms with Gasteiger partial charge in [0.2, 0.25) is 0 Å². The Labute approximate surface area is 155 Å². The molecule has 2 aromatic carbocycles. The standard InChI is InChI=1S/C21H28N2O3/c1-13(2)16-7-6-8-17(14(3)4)20(16)23-21(25)22-12-15-9-10-18(24)19(11-15)26-5/h6-11,13-14,24H,12H2,1-5H3,(H2,22,23,25). The molecular weight excluding hydrogens is 328 g/mol. The molecule has 0 aliphatic heterocycles. The van der Waals surface area contributed by atoms with Crippen LogP contribution in [-0.2, 0) is 6.54 Å². The van der Waals surface area contributed by atoms with E-state index in [-0.39, 0.29) is 11.8 Å². The Morgan fingerprint density at radius 1 is 1.08 bits per heavy atom. The van der Waals surface area contributed by atoms with Gasteiger partial charge in [0, 0.05) is 12.2 Å². The summed E-state index contributed by atoms with van der Waals surface area (Å²) in [5.74, 6) is 1.08. The van der Waals surface area contributed by atoms with Crippen LogP contribution in [0, 0.1) is 0 Å². The normalized spacial score (nSPS) is 10.9. The number of rotatable bonds is 6. The van der Waals surface area contributed by atoms with Gasteiger partial charge in [0.15, 0.2) is 11.5 Å². The second-order valence-corrected chi connectivity index (χ2v) is 6.93. The molecule has 3 N–H and O–H groups in total. The van der Waals surface area contributed by atoms with Crippen molar-refractivity contribution >= 4 is 11.7 Å². The highest BCUT2D eigenvalue weighted by Gasteiger charge is 2.15. The number of carbonyl (C=O) groups is 1. The number of ether oxygens (including phenoxy) is 1. The summed E-state index contributed by atoms with van der Waals surface area (Å²) in [6.45, 7) is 8.80. The maximum atomic E-state index is 12.5. The SMILES string of the molecule is COc1cc(CNC(=O)Nc2c(C(C)C)cccc2C(C)C)ccc1O. The fourth-order valence-electron chi connectivity index (χ4n) is 2.87. The Morgan fingerprint density at radius 2 is 1.69 bits per heavy atom. The lowest BCUT2D eigenvalue weighted by molar-refractivity contribution is 0.251. The van der Waals surface area contributed by atoms with E-state index in [1.54, 1.807) is 18.2 Å². The molecule has 2 amide bonds. The first-order chi connectivity index (χ1) is 12.3. The van der Waals surface area contributed by atoms with Crippen LogP contribution >= 0.6 is 0 Å². The zero-order chi connectivity index (χ0) is 19.3. The van der Waals surface area contributed by atoms with Crippen molar-refractivity contribution in [2.45, 2.75) is 46.1 Å². The monoisotopic (exact) mass is 356 g/mol. The zero-order valence-corrected chi connectivity index (χ0v) is 16.1. The highest BCUT2D eigenvalue weighted by molar-refractivity contribution is 5.91. The fourth-order valence-corrected chi connectivity index (χ4v) is 2.87. The van der Waals surface area contributed by atoms with Gasteiger partial charge in [0.1, 0.15) is 0 Å². The molecule has 0 aromatic heterocycles. The number of phenols is 1. The first kappa shape index (κ1) is 19.6. The van der Waals surface area contributed by atoms with Crippen molar-refractivity contribution in [2.24, 2.45) is 0 Å². The molecule has 5 nitrogen and oxygen atoms in total. The number of phenolic OH excluding ortho intramolecular Hbond substituents is 1. The minimum absolute atomic E-state index is 0.0770. The summed E-state index contributed by atoms with van der Waals surface area (Å²) >= 11 is 0. The van der Waals surface area contributed by atoms with Crippen LogP contribution in [0.3, 0.4) is 0 Å². The first-order valence-electron chi connectivity index (χ1n) is 8.87. The van der Waals surface area contributed by atoms with E-state index in [9.17, 15) is 9.90 Å². The van der Waals surface area contributed by atoms with Crippen molar-refractivity contribution in [2.75, 3.05) is 12.4 Å². The minimum atomic E-state index is -0.257. The van der Waals surface area contributed by atoms with Crippen LogP contribution in [0.25, 0.3) is 0 Å². The quantitative estimate of drug-likeness (QED) is 0.684. The Bertz CT molecular complexity index is 744. The Hall–Kier alpha value is -2.69. The number of anilines is 1. The maximum Gasteiger partial charge on any atom is 0.319 e. The average Bonchev–Trinajstić information content (AvgIpc) is 2.60. The van der Waals surface area contributed by atoms with Crippen molar-refractivity contribution < 1.29 is 14.6 Å². The smallest absolute Gasteiger partial charge is 0.319 e. The molecule has 2 aromatic rings. The summed E-state index contributed by atoms with van der Waals surface area (Å²) in [7, 11) is 1.50. The predicted molar refractivity (Wildman–Crippen MR) is 105 cm³/mol. The highest BCUT2D eigenvalue weighted by atomic mass is 16.5. The predicted octanol–water partition coefficient (Wildman–Crippen LogP) is 4.97. The van der Waals surface area contributed by atoms with Crippen molar-refractivity contribution in [1.82, 2.24) is 5.32 Å². The molecule has 0 spiro atoms. The van der Waals surface area contributed by atoms with Gasteiger partial charge in [-0.2, -0.15) is 0 Å². The third-order valence-electron chi connectivity index (χ3n) is 4.31. The molecule has 0 heterocycles. The number of hydrogen-bond donors (Lipinski definition) is 3. The van der Waals surface area contributed by atoms with Crippen LogP contribution < -0.4 is 15.4 Å². The van der Waals surface area contributed by atoms with Crippen LogP contribution in [0.1, 0.15) is 56.2 Å². The molecule has 140 valence electrons. The van der Waals surface area contributed by atoms with Gasteiger partial charge in [-0.3, -0.25) is 0 Å². The highest BCUT2D eigenvalue weighted by Crippen LogP contribution is 2.32. The summed E-state index contributed by atoms with van der Waals surface area (Å²) in [6.07, 6.45) is 0. The number of aromatic hydroxyl groups is 1. The molecule has 0 atom stereocenters. The largest absolute Gasteiger partial charge is 0.504 e. The molecule has 0 aliphatic rings. The van der Waals surface area contributed by atoms with Gasteiger partial charge in [-0.05, 0) is 40.7 Å². The minimum Gasteiger partial charge on any atom is -0.504 e. The lowest BCUT2D eigenvalue weighted by Crippen LogP contribution is -2.29. The Balaban J connectivity index is 2.13. The van der Waals surface area contributed by atoms with Gasteiger partial charge in [0.25, 0.3) is 0 Å². The van der Waals surface area contributed by atoms with Crippen molar-refractivity contribution in [1.29, 1.82) is 0 Å². The molecule has 0 saturated carbocycles. The van der Waals surface area contributed by atoms with Gasteiger partial charge in [-0.15, -0.1) is 0 Å². The number of nitrogens with one attached hydrogen (secondary N) is 2. The number of amides is 2. The third kappa shape index (κ3) is 4.69. The van der Waals surface area contributed by atoms with Gasteiger partial charge in [-0.1, -0.05) is 52.0 Å². The number of methoxy groups -OCH3 is 1. The van der Waals surface area contributed by atoms with E-state index in [4.69, 9.17) is 4.74 Å². The van der Waals surface area contributed by atoms with Crippen LogP contribution in [-0.4, -0.2) is 18.2 Å². The molecule has 0 aliphatic carbocycles. The summed E-state index contributed by atoms with van der Waals surface area (Å²) in [5, 5.41) is 15.5. The van der Waals surface area contributed by atoms with Gasteiger partial charge in [-0.25, -0.2) is 4.79 Å². The number of carbonyl (C=O) groups excluding carboxylic acids is 1. The van der Waals surface area contributed by atoms with Gasteiger partial charge >= 0.3 is 6.03 Å². The molecule has 0 saturated heterocycles. The molecule has 0 radical (unpaired) electrons. The number of benzene rings is 2. The lowest BCUT2D eigenvalue weighted by Gasteiger charge is -2.20. The van der Waals surface area contributed by atoms with E-state index in [1.165, 1.54) is 7.11 Å². The lowest BCUT2D eigenvalue weighted by atomic mass is 9.93. The Morgan fingerprint density at radius 3 is 2.23 bits per heavy atom.